The fraction of sp³-hybridized carbons (Fsp3) is 0.647. The maximum absolute atomic E-state index is 3.70. The average Bonchev–Trinajstić information content (AvgIpc) is 2.47. The number of hydrogen-bond acceptors (Lipinski definition) is 2. The van der Waals surface area contributed by atoms with Crippen molar-refractivity contribution in [3.63, 3.8) is 0 Å². The summed E-state index contributed by atoms with van der Waals surface area (Å²) in [5, 5.41) is 3.70. The third-order valence-corrected chi connectivity index (χ3v) is 4.71. The Morgan fingerprint density at radius 2 is 1.89 bits per heavy atom. The maximum atomic E-state index is 3.70. The SMILES string of the molecule is CCC1CN(C(C)(C)CC)C(c2ccccc2)CN1. The lowest BCUT2D eigenvalue weighted by Crippen LogP contribution is -2.58. The molecule has 0 saturated carbocycles. The van der Waals surface area contributed by atoms with Gasteiger partial charge in [-0.3, -0.25) is 4.90 Å². The van der Waals surface area contributed by atoms with Crippen molar-refractivity contribution in [2.45, 2.75) is 58.2 Å². The summed E-state index contributed by atoms with van der Waals surface area (Å²) >= 11 is 0. The summed E-state index contributed by atoms with van der Waals surface area (Å²) < 4.78 is 0. The predicted molar refractivity (Wildman–Crippen MR) is 82.3 cm³/mol. The van der Waals surface area contributed by atoms with E-state index in [4.69, 9.17) is 0 Å². The molecule has 0 spiro atoms. The predicted octanol–water partition coefficient (Wildman–Crippen LogP) is 3.60. The molecule has 106 valence electrons. The first-order chi connectivity index (χ1) is 9.08. The van der Waals surface area contributed by atoms with Crippen LogP contribution in [0.4, 0.5) is 0 Å². The second-order valence-corrected chi connectivity index (χ2v) is 6.26. The van der Waals surface area contributed by atoms with Crippen molar-refractivity contribution in [3.8, 4) is 0 Å². The smallest absolute Gasteiger partial charge is 0.0478 e. The zero-order chi connectivity index (χ0) is 13.9. The Bertz CT molecular complexity index is 386. The van der Waals surface area contributed by atoms with Crippen molar-refractivity contribution in [2.24, 2.45) is 0 Å². The van der Waals surface area contributed by atoms with Gasteiger partial charge in [0.05, 0.1) is 0 Å². The van der Waals surface area contributed by atoms with Gasteiger partial charge in [0.2, 0.25) is 0 Å². The van der Waals surface area contributed by atoms with Gasteiger partial charge in [0.1, 0.15) is 0 Å². The highest BCUT2D eigenvalue weighted by Crippen LogP contribution is 2.32. The van der Waals surface area contributed by atoms with Crippen molar-refractivity contribution in [1.29, 1.82) is 0 Å². The fourth-order valence-electron chi connectivity index (χ4n) is 2.94. The van der Waals surface area contributed by atoms with Crippen molar-refractivity contribution < 1.29 is 0 Å². The van der Waals surface area contributed by atoms with Gasteiger partial charge >= 0.3 is 0 Å². The van der Waals surface area contributed by atoms with Crippen molar-refractivity contribution in [2.75, 3.05) is 13.1 Å². The molecule has 1 aromatic rings. The van der Waals surface area contributed by atoms with E-state index in [-0.39, 0.29) is 5.54 Å². The molecule has 2 unspecified atom stereocenters. The van der Waals surface area contributed by atoms with Gasteiger partial charge in [0.25, 0.3) is 0 Å². The molecule has 2 nitrogen and oxygen atoms in total. The Kier molecular flexibility index (Phi) is 4.64. The molecule has 1 aromatic carbocycles. The standard InChI is InChI=1S/C17H28N2/c1-5-15-13-19(17(3,4)6-2)16(12-18-15)14-10-8-7-9-11-14/h7-11,15-16,18H,5-6,12-13H2,1-4H3. The van der Waals surface area contributed by atoms with E-state index in [1.54, 1.807) is 0 Å². The van der Waals surface area contributed by atoms with Gasteiger partial charge < -0.3 is 5.32 Å². The molecule has 1 aliphatic heterocycles. The van der Waals surface area contributed by atoms with Gasteiger partial charge in [-0.05, 0) is 32.3 Å². The molecule has 19 heavy (non-hydrogen) atoms. The molecule has 0 radical (unpaired) electrons. The monoisotopic (exact) mass is 260 g/mol. The minimum Gasteiger partial charge on any atom is -0.311 e. The lowest BCUT2D eigenvalue weighted by molar-refractivity contribution is 0.0263. The highest BCUT2D eigenvalue weighted by atomic mass is 15.3. The molecule has 1 N–H and O–H groups in total. The van der Waals surface area contributed by atoms with Gasteiger partial charge in [0, 0.05) is 30.7 Å². The van der Waals surface area contributed by atoms with Gasteiger partial charge in [0.15, 0.2) is 0 Å². The lowest BCUT2D eigenvalue weighted by Gasteiger charge is -2.49. The Morgan fingerprint density at radius 3 is 2.47 bits per heavy atom. The van der Waals surface area contributed by atoms with Gasteiger partial charge in [-0.2, -0.15) is 0 Å². The molecule has 0 aromatic heterocycles. The summed E-state index contributed by atoms with van der Waals surface area (Å²) in [6.07, 6.45) is 2.39. The minimum atomic E-state index is 0.260. The summed E-state index contributed by atoms with van der Waals surface area (Å²) in [7, 11) is 0. The summed E-state index contributed by atoms with van der Waals surface area (Å²) in [6.45, 7) is 11.5. The summed E-state index contributed by atoms with van der Waals surface area (Å²) in [4.78, 5) is 2.70. The van der Waals surface area contributed by atoms with Gasteiger partial charge in [-0.25, -0.2) is 0 Å². The number of piperazine rings is 1. The van der Waals surface area contributed by atoms with Crippen molar-refractivity contribution in [1.82, 2.24) is 10.2 Å². The van der Waals surface area contributed by atoms with Crippen LogP contribution in [-0.2, 0) is 0 Å². The molecule has 2 rings (SSSR count). The third-order valence-electron chi connectivity index (χ3n) is 4.71. The molecule has 1 aliphatic rings. The van der Waals surface area contributed by atoms with E-state index in [0.717, 1.165) is 13.1 Å². The van der Waals surface area contributed by atoms with E-state index in [9.17, 15) is 0 Å². The van der Waals surface area contributed by atoms with Crippen LogP contribution < -0.4 is 5.32 Å². The van der Waals surface area contributed by atoms with E-state index >= 15 is 0 Å². The average molecular weight is 260 g/mol. The molecule has 1 fully saturated rings. The largest absolute Gasteiger partial charge is 0.311 e. The van der Waals surface area contributed by atoms with Crippen LogP contribution in [0.3, 0.4) is 0 Å². The van der Waals surface area contributed by atoms with E-state index < -0.39 is 0 Å². The van der Waals surface area contributed by atoms with E-state index in [1.165, 1.54) is 18.4 Å². The minimum absolute atomic E-state index is 0.260. The Hall–Kier alpha value is -0.860. The molecule has 2 atom stereocenters. The zero-order valence-corrected chi connectivity index (χ0v) is 12.8. The Morgan fingerprint density at radius 1 is 1.21 bits per heavy atom. The number of rotatable bonds is 4. The first kappa shape index (κ1) is 14.5. The first-order valence-electron chi connectivity index (χ1n) is 7.63. The van der Waals surface area contributed by atoms with Crippen LogP contribution in [0.5, 0.6) is 0 Å². The van der Waals surface area contributed by atoms with E-state index in [1.807, 2.05) is 0 Å². The number of nitrogens with zero attached hydrogens (tertiary/aromatic N) is 1. The second-order valence-electron chi connectivity index (χ2n) is 6.26. The fourth-order valence-corrected chi connectivity index (χ4v) is 2.94. The first-order valence-corrected chi connectivity index (χ1v) is 7.63. The molecule has 2 heteroatoms. The second kappa shape index (κ2) is 6.06. The lowest BCUT2D eigenvalue weighted by atomic mass is 9.90. The molecule has 0 bridgehead atoms. The normalized spacial score (nSPS) is 25.5. The van der Waals surface area contributed by atoms with Crippen LogP contribution in [0.1, 0.15) is 52.1 Å². The molecular weight excluding hydrogens is 232 g/mol. The summed E-state index contributed by atoms with van der Waals surface area (Å²) in [5.41, 5.74) is 1.70. The number of nitrogens with one attached hydrogen (secondary N) is 1. The molecule has 1 saturated heterocycles. The quantitative estimate of drug-likeness (QED) is 0.890. The van der Waals surface area contributed by atoms with Crippen LogP contribution in [0.25, 0.3) is 0 Å². The maximum Gasteiger partial charge on any atom is 0.0478 e. The molecule has 0 amide bonds. The highest BCUT2D eigenvalue weighted by Gasteiger charge is 2.36. The highest BCUT2D eigenvalue weighted by molar-refractivity contribution is 5.21. The van der Waals surface area contributed by atoms with Crippen molar-refractivity contribution >= 4 is 0 Å². The number of benzene rings is 1. The molecular formula is C17H28N2. The van der Waals surface area contributed by atoms with E-state index in [2.05, 4.69) is 68.2 Å². The third kappa shape index (κ3) is 3.18. The summed E-state index contributed by atoms with van der Waals surface area (Å²) in [6, 6.07) is 12.1. The molecule has 0 aliphatic carbocycles. The van der Waals surface area contributed by atoms with Crippen LogP contribution in [-0.4, -0.2) is 29.6 Å². The Balaban J connectivity index is 2.25. The zero-order valence-electron chi connectivity index (χ0n) is 12.8. The van der Waals surface area contributed by atoms with Crippen molar-refractivity contribution in [3.05, 3.63) is 35.9 Å². The topological polar surface area (TPSA) is 15.3 Å². The molecule has 1 heterocycles. The van der Waals surface area contributed by atoms with Gasteiger partial charge in [-0.1, -0.05) is 44.2 Å². The number of hydrogen-bond donors (Lipinski definition) is 1. The summed E-state index contributed by atoms with van der Waals surface area (Å²) in [5.74, 6) is 0. The van der Waals surface area contributed by atoms with Gasteiger partial charge in [-0.15, -0.1) is 0 Å². The van der Waals surface area contributed by atoms with Crippen LogP contribution in [0, 0.1) is 0 Å². The van der Waals surface area contributed by atoms with Crippen LogP contribution in [0.2, 0.25) is 0 Å². The van der Waals surface area contributed by atoms with E-state index in [0.29, 0.717) is 12.1 Å². The van der Waals surface area contributed by atoms with Crippen LogP contribution in [0.15, 0.2) is 30.3 Å². The van der Waals surface area contributed by atoms with Crippen LogP contribution >= 0.6 is 0 Å². The Labute approximate surface area is 118 Å².